The van der Waals surface area contributed by atoms with Gasteiger partial charge in [-0.05, 0) is 64.2 Å². The van der Waals surface area contributed by atoms with Gasteiger partial charge in [-0.2, -0.15) is 0 Å². The molecule has 0 heterocycles. The average molecular weight is 411 g/mol. The second-order valence-electron chi connectivity index (χ2n) is 5.86. The van der Waals surface area contributed by atoms with E-state index in [0.717, 1.165) is 10.2 Å². The summed E-state index contributed by atoms with van der Waals surface area (Å²) < 4.78 is 6.69. The summed E-state index contributed by atoms with van der Waals surface area (Å²) in [6, 6.07) is 13.2. The van der Waals surface area contributed by atoms with Crippen LogP contribution in [0.25, 0.3) is 0 Å². The number of carbonyl (C=O) groups excluding carboxylic acids is 1. The molecule has 1 N–H and O–H groups in total. The van der Waals surface area contributed by atoms with Crippen LogP contribution in [0.3, 0.4) is 0 Å². The van der Waals surface area contributed by atoms with Crippen LogP contribution in [0.4, 0.5) is 5.69 Å². The van der Waals surface area contributed by atoms with Gasteiger partial charge in [0.1, 0.15) is 5.75 Å². The van der Waals surface area contributed by atoms with Gasteiger partial charge in [-0.3, -0.25) is 4.79 Å². The lowest BCUT2D eigenvalue weighted by molar-refractivity contribution is -0.116. The Hall–Kier alpha value is -1.52. The highest BCUT2D eigenvalue weighted by atomic mass is 79.9. The van der Waals surface area contributed by atoms with Gasteiger partial charge in [-0.15, -0.1) is 0 Å². The van der Waals surface area contributed by atoms with Crippen LogP contribution < -0.4 is 10.1 Å². The van der Waals surface area contributed by atoms with Crippen molar-refractivity contribution in [1.29, 1.82) is 0 Å². The van der Waals surface area contributed by atoms with Crippen LogP contribution >= 0.6 is 27.5 Å². The van der Waals surface area contributed by atoms with E-state index in [2.05, 4.69) is 47.2 Å². The molecule has 5 heteroatoms. The molecule has 0 bridgehead atoms. The first-order chi connectivity index (χ1) is 11.5. The second kappa shape index (κ2) is 9.09. The summed E-state index contributed by atoms with van der Waals surface area (Å²) in [4.78, 5) is 11.9. The number of amides is 1. The fourth-order valence-corrected chi connectivity index (χ4v) is 2.90. The van der Waals surface area contributed by atoms with Gasteiger partial charge in [0, 0.05) is 17.1 Å². The minimum atomic E-state index is -0.0462. The Morgan fingerprint density at radius 1 is 1.25 bits per heavy atom. The summed E-state index contributed by atoms with van der Waals surface area (Å²) in [6.07, 6.45) is 1.04. The van der Waals surface area contributed by atoms with Crippen molar-refractivity contribution < 1.29 is 9.53 Å². The number of nitrogens with one attached hydrogen (secondary N) is 1. The maximum atomic E-state index is 11.9. The largest absolute Gasteiger partial charge is 0.492 e. The number of rotatable bonds is 7. The van der Waals surface area contributed by atoms with Gasteiger partial charge in [0.05, 0.1) is 11.1 Å². The lowest BCUT2D eigenvalue weighted by Gasteiger charge is -2.11. The lowest BCUT2D eigenvalue weighted by Crippen LogP contribution is -2.12. The molecule has 0 radical (unpaired) electrons. The lowest BCUT2D eigenvalue weighted by atomic mass is 10.0. The van der Waals surface area contributed by atoms with Crippen molar-refractivity contribution in [2.24, 2.45) is 0 Å². The molecular weight excluding hydrogens is 390 g/mol. The van der Waals surface area contributed by atoms with E-state index in [0.29, 0.717) is 36.1 Å². The molecule has 128 valence electrons. The van der Waals surface area contributed by atoms with E-state index in [9.17, 15) is 4.79 Å². The Morgan fingerprint density at radius 3 is 2.71 bits per heavy atom. The Bertz CT molecular complexity index is 704. The molecule has 2 rings (SSSR count). The van der Waals surface area contributed by atoms with Crippen LogP contribution in [0.2, 0.25) is 5.02 Å². The van der Waals surface area contributed by atoms with E-state index < -0.39 is 0 Å². The van der Waals surface area contributed by atoms with Crippen LogP contribution in [-0.2, 0) is 4.79 Å². The van der Waals surface area contributed by atoms with E-state index in [1.807, 2.05) is 12.1 Å². The molecule has 0 saturated heterocycles. The van der Waals surface area contributed by atoms with Crippen LogP contribution in [0.15, 0.2) is 46.9 Å². The second-order valence-corrected chi connectivity index (χ2v) is 7.15. The fraction of sp³-hybridized carbons (Fsp3) is 0.316. The molecule has 1 amide bonds. The molecule has 0 atom stereocenters. The molecule has 0 spiro atoms. The van der Waals surface area contributed by atoms with Crippen LogP contribution in [0, 0.1) is 0 Å². The molecule has 0 aliphatic rings. The highest BCUT2D eigenvalue weighted by Crippen LogP contribution is 2.29. The summed E-state index contributed by atoms with van der Waals surface area (Å²) in [5, 5.41) is 3.43. The number of hydrogen-bond acceptors (Lipinski definition) is 2. The summed E-state index contributed by atoms with van der Waals surface area (Å²) >= 11 is 9.42. The van der Waals surface area contributed by atoms with Crippen molar-refractivity contribution in [3.63, 3.8) is 0 Å². The predicted molar refractivity (Wildman–Crippen MR) is 103 cm³/mol. The third-order valence-corrected chi connectivity index (χ3v) is 4.39. The summed E-state index contributed by atoms with van der Waals surface area (Å²) in [7, 11) is 0. The van der Waals surface area contributed by atoms with Gasteiger partial charge in [0.25, 0.3) is 0 Å². The zero-order valence-corrected chi connectivity index (χ0v) is 16.2. The summed E-state index contributed by atoms with van der Waals surface area (Å²) in [5.41, 5.74) is 1.97. The van der Waals surface area contributed by atoms with E-state index in [1.54, 1.807) is 18.2 Å². The van der Waals surface area contributed by atoms with Gasteiger partial charge >= 0.3 is 0 Å². The van der Waals surface area contributed by atoms with Gasteiger partial charge in [-0.1, -0.05) is 37.6 Å². The smallest absolute Gasteiger partial charge is 0.224 e. The standard InChI is InChI=1S/C19H21BrClNO2/c1-13(2)14-8-9-18(17(20)11-14)24-10-4-7-19(23)22-16-6-3-5-15(21)12-16/h3,5-6,8-9,11-13H,4,7,10H2,1-2H3,(H,22,23). The summed E-state index contributed by atoms with van der Waals surface area (Å²) in [6.45, 7) is 4.80. The highest BCUT2D eigenvalue weighted by Gasteiger charge is 2.07. The molecule has 0 aromatic heterocycles. The zero-order valence-electron chi connectivity index (χ0n) is 13.8. The number of anilines is 1. The molecule has 3 nitrogen and oxygen atoms in total. The minimum Gasteiger partial charge on any atom is -0.492 e. The molecule has 0 saturated carbocycles. The molecule has 0 unspecified atom stereocenters. The molecule has 24 heavy (non-hydrogen) atoms. The molecule has 2 aromatic rings. The quantitative estimate of drug-likeness (QED) is 0.566. The SMILES string of the molecule is CC(C)c1ccc(OCCCC(=O)Nc2cccc(Cl)c2)c(Br)c1. The Morgan fingerprint density at radius 2 is 2.04 bits per heavy atom. The Balaban J connectivity index is 1.75. The first-order valence-corrected chi connectivity index (χ1v) is 9.10. The molecule has 2 aromatic carbocycles. The van der Waals surface area contributed by atoms with Crippen molar-refractivity contribution in [2.75, 3.05) is 11.9 Å². The topological polar surface area (TPSA) is 38.3 Å². The predicted octanol–water partition coefficient (Wildman–Crippen LogP) is 6.02. The van der Waals surface area contributed by atoms with Crippen molar-refractivity contribution in [1.82, 2.24) is 0 Å². The van der Waals surface area contributed by atoms with Crippen molar-refractivity contribution >= 4 is 39.1 Å². The van der Waals surface area contributed by atoms with E-state index >= 15 is 0 Å². The third-order valence-electron chi connectivity index (χ3n) is 3.54. The molecule has 0 aliphatic heterocycles. The zero-order chi connectivity index (χ0) is 17.5. The van der Waals surface area contributed by atoms with Crippen LogP contribution in [-0.4, -0.2) is 12.5 Å². The minimum absolute atomic E-state index is 0.0462. The van der Waals surface area contributed by atoms with Gasteiger partial charge in [0.2, 0.25) is 5.91 Å². The summed E-state index contributed by atoms with van der Waals surface area (Å²) in [5.74, 6) is 1.23. The van der Waals surface area contributed by atoms with E-state index in [1.165, 1.54) is 5.56 Å². The van der Waals surface area contributed by atoms with E-state index in [-0.39, 0.29) is 5.91 Å². The molecule has 0 aliphatic carbocycles. The average Bonchev–Trinajstić information content (AvgIpc) is 2.52. The van der Waals surface area contributed by atoms with E-state index in [4.69, 9.17) is 16.3 Å². The maximum absolute atomic E-state index is 11.9. The number of benzene rings is 2. The first kappa shape index (κ1) is 18.8. The number of carbonyl (C=O) groups is 1. The number of halogens is 2. The van der Waals surface area contributed by atoms with Crippen LogP contribution in [0.5, 0.6) is 5.75 Å². The number of hydrogen-bond donors (Lipinski definition) is 1. The highest BCUT2D eigenvalue weighted by molar-refractivity contribution is 9.10. The Labute approximate surface area is 156 Å². The third kappa shape index (κ3) is 5.84. The van der Waals surface area contributed by atoms with Gasteiger partial charge in [-0.25, -0.2) is 0 Å². The normalized spacial score (nSPS) is 10.7. The van der Waals surface area contributed by atoms with Crippen molar-refractivity contribution in [3.05, 3.63) is 57.5 Å². The molecular formula is C19H21BrClNO2. The molecule has 0 fully saturated rings. The van der Waals surface area contributed by atoms with Crippen LogP contribution in [0.1, 0.15) is 38.2 Å². The Kier molecular flexibility index (Phi) is 7.13. The fourth-order valence-electron chi connectivity index (χ4n) is 2.20. The monoisotopic (exact) mass is 409 g/mol. The van der Waals surface area contributed by atoms with Gasteiger partial charge < -0.3 is 10.1 Å². The van der Waals surface area contributed by atoms with Crippen molar-refractivity contribution in [2.45, 2.75) is 32.6 Å². The van der Waals surface area contributed by atoms with Crippen molar-refractivity contribution in [3.8, 4) is 5.75 Å². The number of ether oxygens (including phenoxy) is 1. The van der Waals surface area contributed by atoms with Gasteiger partial charge in [0.15, 0.2) is 0 Å². The maximum Gasteiger partial charge on any atom is 0.224 e. The first-order valence-electron chi connectivity index (χ1n) is 7.93.